The minimum Gasteiger partial charge on any atom is -0.192 e. The first-order valence-electron chi connectivity index (χ1n) is 12.5. The lowest BCUT2D eigenvalue weighted by Crippen LogP contribution is -2.54. The van der Waals surface area contributed by atoms with E-state index in [0.717, 1.165) is 11.1 Å². The molecule has 0 saturated heterocycles. The normalized spacial score (nSPS) is 11.9. The molecular weight excluding hydrogens is 499 g/mol. The van der Waals surface area contributed by atoms with Crippen LogP contribution in [-0.2, 0) is 0 Å². The lowest BCUT2D eigenvalue weighted by atomic mass is 9.35. The van der Waals surface area contributed by atoms with Crippen molar-refractivity contribution in [2.24, 2.45) is 0 Å². The Labute approximate surface area is 231 Å². The molecule has 3 aromatic carbocycles. The minimum atomic E-state index is 0.113. The van der Waals surface area contributed by atoms with Gasteiger partial charge in [-0.25, -0.2) is 0 Å². The fourth-order valence-corrected chi connectivity index (χ4v) is 7.74. The third-order valence-electron chi connectivity index (χ3n) is 7.21. The first-order chi connectivity index (χ1) is 18.4. The molecule has 0 N–H and O–H groups in total. The van der Waals surface area contributed by atoms with E-state index in [0.29, 0.717) is 11.1 Å². The Morgan fingerprint density at radius 3 is 1.42 bits per heavy atom. The van der Waals surface area contributed by atoms with Crippen molar-refractivity contribution in [1.82, 2.24) is 0 Å². The Kier molecular flexibility index (Phi) is 6.13. The first kappa shape index (κ1) is 24.2. The van der Waals surface area contributed by atoms with Gasteiger partial charge < -0.3 is 0 Å². The van der Waals surface area contributed by atoms with Crippen LogP contribution in [0.3, 0.4) is 0 Å². The van der Waals surface area contributed by atoms with Gasteiger partial charge in [0, 0.05) is 19.5 Å². The van der Waals surface area contributed by atoms with E-state index in [1.165, 1.54) is 52.6 Å². The highest BCUT2D eigenvalue weighted by Crippen LogP contribution is 2.34. The Bertz CT molecular complexity index is 1680. The van der Waals surface area contributed by atoms with Crippen LogP contribution >= 0.6 is 22.7 Å². The van der Waals surface area contributed by atoms with Crippen molar-refractivity contribution in [3.8, 4) is 33.0 Å². The van der Waals surface area contributed by atoms with Crippen LogP contribution in [0.1, 0.15) is 37.6 Å². The lowest BCUT2D eigenvalue weighted by Gasteiger charge is -2.20. The van der Waals surface area contributed by atoms with E-state index in [9.17, 15) is 10.5 Å². The third kappa shape index (κ3) is 4.21. The van der Waals surface area contributed by atoms with Crippen LogP contribution in [-0.4, -0.2) is 6.71 Å². The summed E-state index contributed by atoms with van der Waals surface area (Å²) in [7, 11) is 0. The molecule has 1 aliphatic heterocycles. The topological polar surface area (TPSA) is 47.6 Å². The van der Waals surface area contributed by atoms with Gasteiger partial charge in [0.15, 0.2) is 0 Å². The van der Waals surface area contributed by atoms with Gasteiger partial charge in [0.1, 0.15) is 0 Å². The summed E-state index contributed by atoms with van der Waals surface area (Å²) >= 11 is 3.62. The second kappa shape index (κ2) is 9.62. The zero-order chi connectivity index (χ0) is 26.4. The average molecular weight is 523 g/mol. The summed E-state index contributed by atoms with van der Waals surface area (Å²) < 4.78 is 0. The maximum absolute atomic E-state index is 9.23. The molecule has 1 aliphatic rings. The number of rotatable bonds is 3. The van der Waals surface area contributed by atoms with E-state index >= 15 is 0 Å². The van der Waals surface area contributed by atoms with E-state index in [1.54, 1.807) is 0 Å². The number of benzene rings is 3. The predicted octanol–water partition coefficient (Wildman–Crippen LogP) is 6.81. The van der Waals surface area contributed by atoms with Gasteiger partial charge in [0.2, 0.25) is 6.71 Å². The van der Waals surface area contributed by atoms with E-state index < -0.39 is 0 Å². The highest BCUT2D eigenvalue weighted by molar-refractivity contribution is 7.21. The van der Waals surface area contributed by atoms with Crippen molar-refractivity contribution < 1.29 is 0 Å². The van der Waals surface area contributed by atoms with Crippen molar-refractivity contribution in [3.05, 3.63) is 110 Å². The molecule has 0 amide bonds. The highest BCUT2D eigenvalue weighted by atomic mass is 32.1. The molecule has 0 unspecified atom stereocenters. The largest absolute Gasteiger partial charge is 0.245 e. The Morgan fingerprint density at radius 1 is 0.605 bits per heavy atom. The Balaban J connectivity index is 1.55. The van der Waals surface area contributed by atoms with Gasteiger partial charge in [0.05, 0.1) is 23.3 Å². The Morgan fingerprint density at radius 2 is 1.03 bits per heavy atom. The maximum Gasteiger partial charge on any atom is 0.245 e. The van der Waals surface area contributed by atoms with Crippen molar-refractivity contribution >= 4 is 57.9 Å². The smallest absolute Gasteiger partial charge is 0.192 e. The van der Waals surface area contributed by atoms with Crippen molar-refractivity contribution in [2.45, 2.75) is 20.8 Å². The van der Waals surface area contributed by atoms with Crippen LogP contribution in [0, 0.1) is 43.4 Å². The fourth-order valence-electron chi connectivity index (χ4n) is 5.53. The molecule has 0 atom stereocenters. The van der Waals surface area contributed by atoms with E-state index in [4.69, 9.17) is 0 Å². The summed E-state index contributed by atoms with van der Waals surface area (Å²) in [6, 6.07) is 29.5. The van der Waals surface area contributed by atoms with Gasteiger partial charge in [-0.2, -0.15) is 10.5 Å². The molecule has 0 fully saturated rings. The van der Waals surface area contributed by atoms with E-state index in [1.807, 2.05) is 71.2 Å². The zero-order valence-corrected chi connectivity index (χ0v) is 23.0. The van der Waals surface area contributed by atoms with Crippen molar-refractivity contribution in [1.29, 1.82) is 10.5 Å². The number of fused-ring (bicyclic) bond motifs is 2. The van der Waals surface area contributed by atoms with Crippen LogP contribution in [0.15, 0.2) is 72.8 Å². The number of hydrogen-bond donors (Lipinski definition) is 0. The molecule has 38 heavy (non-hydrogen) atoms. The summed E-state index contributed by atoms with van der Waals surface area (Å²) in [5.41, 5.74) is 11.5. The molecule has 3 heterocycles. The molecule has 0 aliphatic carbocycles. The minimum absolute atomic E-state index is 0.113. The van der Waals surface area contributed by atoms with E-state index in [-0.39, 0.29) is 6.71 Å². The third-order valence-corrected chi connectivity index (χ3v) is 9.54. The summed E-state index contributed by atoms with van der Waals surface area (Å²) in [6.45, 7) is 6.74. The molecule has 2 aromatic heterocycles. The van der Waals surface area contributed by atoms with Crippen LogP contribution in [0.2, 0.25) is 0 Å². The number of hydrogen-bond acceptors (Lipinski definition) is 4. The summed E-state index contributed by atoms with van der Waals surface area (Å²) in [4.78, 5) is 4.97. The second-order valence-electron chi connectivity index (χ2n) is 9.82. The Hall–Kier alpha value is -4.16. The van der Waals surface area contributed by atoms with Gasteiger partial charge in [0.25, 0.3) is 0 Å². The van der Waals surface area contributed by atoms with Crippen LogP contribution in [0.5, 0.6) is 0 Å². The summed E-state index contributed by atoms with van der Waals surface area (Å²) in [6.07, 6.45) is 4.54. The molecule has 6 rings (SSSR count). The molecular formula is C33H23BN2S2. The van der Waals surface area contributed by atoms with Crippen LogP contribution < -0.4 is 16.4 Å². The van der Waals surface area contributed by atoms with E-state index in [2.05, 4.69) is 69.3 Å². The molecule has 0 radical (unpaired) electrons. The highest BCUT2D eigenvalue weighted by Gasteiger charge is 2.33. The molecule has 0 spiro atoms. The van der Waals surface area contributed by atoms with Gasteiger partial charge in [-0.15, -0.1) is 22.7 Å². The molecule has 5 heteroatoms. The van der Waals surface area contributed by atoms with Gasteiger partial charge in [-0.05, 0) is 80.4 Å². The summed E-state index contributed by atoms with van der Waals surface area (Å²) in [5.74, 6) is 0. The number of thiophene rings is 2. The van der Waals surface area contributed by atoms with Crippen molar-refractivity contribution in [2.75, 3.05) is 0 Å². The molecule has 180 valence electrons. The quantitative estimate of drug-likeness (QED) is 0.240. The fraction of sp³-hybridized carbons (Fsp3) is 0.0909. The monoisotopic (exact) mass is 522 g/mol. The summed E-state index contributed by atoms with van der Waals surface area (Å²) in [5, 5.41) is 18.5. The molecule has 0 saturated carbocycles. The molecule has 2 nitrogen and oxygen atoms in total. The van der Waals surface area contributed by atoms with Crippen LogP contribution in [0.25, 0.3) is 33.0 Å². The SMILES string of the molecule is Cc1cc(C)c(B2c3cc(-c4ccc(C#N)cc4)sc3C=Cc3sc(-c4ccc(C#N)cc4)cc32)c(C)c1. The zero-order valence-electron chi connectivity index (χ0n) is 21.4. The van der Waals surface area contributed by atoms with Gasteiger partial charge in [-0.1, -0.05) is 69.5 Å². The predicted molar refractivity (Wildman–Crippen MR) is 163 cm³/mol. The lowest BCUT2D eigenvalue weighted by molar-refractivity contribution is 1.35. The number of nitrogens with zero attached hydrogens (tertiary/aromatic N) is 2. The maximum atomic E-state index is 9.23. The second-order valence-corrected chi connectivity index (χ2v) is 12.0. The standard InChI is InChI=1S/C33H23BN2S2/c1-20-14-21(2)33(22(3)15-20)34-27-16-31(25-8-4-23(18-35)5-9-25)37-29(27)12-13-30-28(34)17-32(38-30)26-10-6-24(19-36)7-11-26/h4-17H,1-3H3. The average Bonchev–Trinajstić information content (AvgIpc) is 3.51. The van der Waals surface area contributed by atoms with Gasteiger partial charge >= 0.3 is 0 Å². The van der Waals surface area contributed by atoms with Gasteiger partial charge in [-0.3, -0.25) is 0 Å². The first-order valence-corrected chi connectivity index (χ1v) is 14.1. The molecule has 0 bridgehead atoms. The van der Waals surface area contributed by atoms with Crippen molar-refractivity contribution in [3.63, 3.8) is 0 Å². The number of aryl methyl sites for hydroxylation is 3. The number of nitriles is 2. The van der Waals surface area contributed by atoms with Crippen LogP contribution in [0.4, 0.5) is 0 Å². The molecule has 5 aromatic rings.